The highest BCUT2D eigenvalue weighted by Gasteiger charge is 2.23. The van der Waals surface area contributed by atoms with Gasteiger partial charge in [0.05, 0.1) is 0 Å². The Balaban J connectivity index is 2.20. The molecule has 2 unspecified atom stereocenters. The van der Waals surface area contributed by atoms with Crippen LogP contribution in [-0.4, -0.2) is 30.6 Å². The highest BCUT2D eigenvalue weighted by atomic mass is 15.1. The van der Waals surface area contributed by atoms with Gasteiger partial charge in [0.25, 0.3) is 0 Å². The summed E-state index contributed by atoms with van der Waals surface area (Å²) in [5, 5.41) is 0. The second kappa shape index (κ2) is 5.72. The second-order valence-electron chi connectivity index (χ2n) is 5.21. The highest BCUT2D eigenvalue weighted by Crippen LogP contribution is 2.21. The molecule has 1 fully saturated rings. The average molecular weight is 198 g/mol. The van der Waals surface area contributed by atoms with Gasteiger partial charge in [-0.1, -0.05) is 20.8 Å². The first-order chi connectivity index (χ1) is 6.61. The first-order valence-electron chi connectivity index (χ1n) is 6.09. The van der Waals surface area contributed by atoms with Gasteiger partial charge in [0.1, 0.15) is 0 Å². The van der Waals surface area contributed by atoms with Crippen LogP contribution in [0, 0.1) is 11.8 Å². The standard InChI is InChI=1S/C12H26N2/c1-4-12(13)7-11-5-6-14(9-11)8-10(2)3/h10-12H,4-9,13H2,1-3H3. The molecule has 0 radical (unpaired) electrons. The molecule has 2 N–H and O–H groups in total. The van der Waals surface area contributed by atoms with Crippen molar-refractivity contribution in [3.05, 3.63) is 0 Å². The fraction of sp³-hybridized carbons (Fsp3) is 1.00. The van der Waals surface area contributed by atoms with Crippen molar-refractivity contribution in [2.45, 2.75) is 46.1 Å². The normalized spacial score (nSPS) is 25.9. The van der Waals surface area contributed by atoms with E-state index in [4.69, 9.17) is 5.73 Å². The van der Waals surface area contributed by atoms with Crippen molar-refractivity contribution in [3.8, 4) is 0 Å². The molecular weight excluding hydrogens is 172 g/mol. The van der Waals surface area contributed by atoms with Gasteiger partial charge < -0.3 is 10.6 Å². The van der Waals surface area contributed by atoms with E-state index >= 15 is 0 Å². The Morgan fingerprint density at radius 1 is 1.43 bits per heavy atom. The maximum absolute atomic E-state index is 5.98. The molecule has 1 rings (SSSR count). The predicted molar refractivity (Wildman–Crippen MR) is 62.3 cm³/mol. The molecule has 0 bridgehead atoms. The largest absolute Gasteiger partial charge is 0.328 e. The minimum absolute atomic E-state index is 0.430. The van der Waals surface area contributed by atoms with E-state index in [1.54, 1.807) is 0 Å². The van der Waals surface area contributed by atoms with Gasteiger partial charge in [-0.15, -0.1) is 0 Å². The van der Waals surface area contributed by atoms with Crippen molar-refractivity contribution in [1.29, 1.82) is 0 Å². The van der Waals surface area contributed by atoms with Gasteiger partial charge in [0.15, 0.2) is 0 Å². The first-order valence-corrected chi connectivity index (χ1v) is 6.09. The van der Waals surface area contributed by atoms with Crippen LogP contribution in [-0.2, 0) is 0 Å². The molecule has 1 aliphatic heterocycles. The molecule has 2 nitrogen and oxygen atoms in total. The summed E-state index contributed by atoms with van der Waals surface area (Å²) in [6.07, 6.45) is 3.71. The van der Waals surface area contributed by atoms with Crippen LogP contribution in [0.2, 0.25) is 0 Å². The van der Waals surface area contributed by atoms with Gasteiger partial charge in [-0.05, 0) is 37.6 Å². The Kier molecular flexibility index (Phi) is 4.90. The number of hydrogen-bond donors (Lipinski definition) is 1. The van der Waals surface area contributed by atoms with Gasteiger partial charge in [-0.25, -0.2) is 0 Å². The molecule has 1 saturated heterocycles. The van der Waals surface area contributed by atoms with Crippen molar-refractivity contribution in [3.63, 3.8) is 0 Å². The van der Waals surface area contributed by atoms with E-state index < -0.39 is 0 Å². The van der Waals surface area contributed by atoms with Crippen LogP contribution in [0.5, 0.6) is 0 Å². The van der Waals surface area contributed by atoms with Crippen LogP contribution in [0.1, 0.15) is 40.0 Å². The zero-order chi connectivity index (χ0) is 10.6. The third-order valence-corrected chi connectivity index (χ3v) is 3.15. The molecule has 84 valence electrons. The molecule has 0 aromatic rings. The molecule has 14 heavy (non-hydrogen) atoms. The summed E-state index contributed by atoms with van der Waals surface area (Å²) < 4.78 is 0. The van der Waals surface area contributed by atoms with Crippen LogP contribution in [0.3, 0.4) is 0 Å². The third kappa shape index (κ3) is 3.97. The van der Waals surface area contributed by atoms with E-state index in [9.17, 15) is 0 Å². The Hall–Kier alpha value is -0.0800. The van der Waals surface area contributed by atoms with Crippen molar-refractivity contribution in [2.24, 2.45) is 17.6 Å². The van der Waals surface area contributed by atoms with Crippen molar-refractivity contribution >= 4 is 0 Å². The Morgan fingerprint density at radius 3 is 2.71 bits per heavy atom. The Morgan fingerprint density at radius 2 is 2.14 bits per heavy atom. The molecule has 0 amide bonds. The molecule has 0 aromatic carbocycles. The minimum Gasteiger partial charge on any atom is -0.328 e. The number of rotatable bonds is 5. The van der Waals surface area contributed by atoms with Gasteiger partial charge in [-0.2, -0.15) is 0 Å². The molecule has 1 aliphatic rings. The fourth-order valence-corrected chi connectivity index (χ4v) is 2.38. The fourth-order valence-electron chi connectivity index (χ4n) is 2.38. The van der Waals surface area contributed by atoms with Crippen molar-refractivity contribution < 1.29 is 0 Å². The van der Waals surface area contributed by atoms with Crippen LogP contribution in [0.15, 0.2) is 0 Å². The molecule has 1 heterocycles. The first kappa shape index (κ1) is 12.0. The van der Waals surface area contributed by atoms with E-state index in [1.807, 2.05) is 0 Å². The van der Waals surface area contributed by atoms with Gasteiger partial charge >= 0.3 is 0 Å². The quantitative estimate of drug-likeness (QED) is 0.733. The number of likely N-dealkylation sites (tertiary alicyclic amines) is 1. The topological polar surface area (TPSA) is 29.3 Å². The van der Waals surface area contributed by atoms with Crippen molar-refractivity contribution in [1.82, 2.24) is 4.90 Å². The van der Waals surface area contributed by atoms with Crippen LogP contribution in [0.4, 0.5) is 0 Å². The summed E-state index contributed by atoms with van der Waals surface area (Å²) in [4.78, 5) is 2.59. The zero-order valence-corrected chi connectivity index (χ0v) is 10.00. The Labute approximate surface area is 88.8 Å². The van der Waals surface area contributed by atoms with E-state index in [0.717, 1.165) is 18.3 Å². The van der Waals surface area contributed by atoms with E-state index in [-0.39, 0.29) is 0 Å². The predicted octanol–water partition coefficient (Wildman–Crippen LogP) is 2.09. The summed E-state index contributed by atoms with van der Waals surface area (Å²) >= 11 is 0. The maximum Gasteiger partial charge on any atom is 0.00393 e. The van der Waals surface area contributed by atoms with E-state index in [2.05, 4.69) is 25.7 Å². The lowest BCUT2D eigenvalue weighted by Crippen LogP contribution is -2.27. The monoisotopic (exact) mass is 198 g/mol. The number of nitrogens with zero attached hydrogens (tertiary/aromatic N) is 1. The molecule has 0 saturated carbocycles. The average Bonchev–Trinajstić information content (AvgIpc) is 2.51. The Bertz CT molecular complexity index is 156. The minimum atomic E-state index is 0.430. The zero-order valence-electron chi connectivity index (χ0n) is 10.00. The van der Waals surface area contributed by atoms with Gasteiger partial charge in [0, 0.05) is 19.1 Å². The summed E-state index contributed by atoms with van der Waals surface area (Å²) in [6.45, 7) is 10.6. The van der Waals surface area contributed by atoms with Crippen LogP contribution in [0.25, 0.3) is 0 Å². The molecule has 2 heteroatoms. The molecule has 0 aromatic heterocycles. The number of nitrogens with two attached hydrogens (primary N) is 1. The summed E-state index contributed by atoms with van der Waals surface area (Å²) in [5.41, 5.74) is 5.98. The van der Waals surface area contributed by atoms with E-state index in [0.29, 0.717) is 6.04 Å². The van der Waals surface area contributed by atoms with Crippen molar-refractivity contribution in [2.75, 3.05) is 19.6 Å². The lowest BCUT2D eigenvalue weighted by molar-refractivity contribution is 0.282. The number of hydrogen-bond acceptors (Lipinski definition) is 2. The van der Waals surface area contributed by atoms with Crippen LogP contribution < -0.4 is 5.73 Å². The maximum atomic E-state index is 5.98. The molecule has 2 atom stereocenters. The summed E-state index contributed by atoms with van der Waals surface area (Å²) in [5.74, 6) is 1.66. The summed E-state index contributed by atoms with van der Waals surface area (Å²) in [7, 11) is 0. The SMILES string of the molecule is CCC(N)CC1CCN(CC(C)C)C1. The molecule has 0 aliphatic carbocycles. The smallest absolute Gasteiger partial charge is 0.00393 e. The third-order valence-electron chi connectivity index (χ3n) is 3.15. The van der Waals surface area contributed by atoms with E-state index in [1.165, 1.54) is 32.5 Å². The second-order valence-corrected chi connectivity index (χ2v) is 5.21. The van der Waals surface area contributed by atoms with Gasteiger partial charge in [0.2, 0.25) is 0 Å². The molecular formula is C12H26N2. The molecule has 0 spiro atoms. The lowest BCUT2D eigenvalue weighted by Gasteiger charge is -2.19. The summed E-state index contributed by atoms with van der Waals surface area (Å²) in [6, 6.07) is 0.430. The highest BCUT2D eigenvalue weighted by molar-refractivity contribution is 4.79. The van der Waals surface area contributed by atoms with Crippen LogP contribution >= 0.6 is 0 Å². The van der Waals surface area contributed by atoms with Gasteiger partial charge in [-0.3, -0.25) is 0 Å². The lowest BCUT2D eigenvalue weighted by atomic mass is 9.98.